The first kappa shape index (κ1) is 86.0. The lowest BCUT2D eigenvalue weighted by molar-refractivity contribution is 0.116. The second kappa shape index (κ2) is 50.9. The van der Waals surface area contributed by atoms with Gasteiger partial charge >= 0.3 is 0 Å². The Balaban J connectivity index is 1.74. The maximum Gasteiger partial charge on any atom is 0.146 e. The van der Waals surface area contributed by atoms with Crippen LogP contribution in [0.5, 0.6) is 0 Å². The molecule has 4 aromatic rings. The van der Waals surface area contributed by atoms with Gasteiger partial charge in [-0.3, -0.25) is 0 Å². The Morgan fingerprint density at radius 3 is 0.580 bits per heavy atom. The van der Waals surface area contributed by atoms with Crippen molar-refractivity contribution in [2.24, 2.45) is 0 Å². The van der Waals surface area contributed by atoms with Crippen molar-refractivity contribution in [3.63, 3.8) is 0 Å². The molecule has 0 fully saturated rings. The lowest BCUT2D eigenvalue weighted by atomic mass is 10.1. The van der Waals surface area contributed by atoms with Crippen LogP contribution in [0.4, 0.5) is 0 Å². The van der Waals surface area contributed by atoms with E-state index in [1.807, 2.05) is 12.1 Å². The molecule has 0 unspecified atom stereocenters. The topological polar surface area (TPSA) is 36.9 Å². The summed E-state index contributed by atoms with van der Waals surface area (Å²) in [5.74, 6) is 46.8. The zero-order valence-electron chi connectivity index (χ0n) is 65.7. The summed E-state index contributed by atoms with van der Waals surface area (Å²) < 4.78 is 25.1. The van der Waals surface area contributed by atoms with Gasteiger partial charge < -0.3 is 18.9 Å². The van der Waals surface area contributed by atoms with Crippen LogP contribution in [0.15, 0.2) is 72.8 Å². The van der Waals surface area contributed by atoms with Gasteiger partial charge in [0.15, 0.2) is 0 Å². The monoisotopic (exact) mass is 1380 g/mol. The summed E-state index contributed by atoms with van der Waals surface area (Å²) in [4.78, 5) is 0. The molecular weight excluding hydrogens is 1250 g/mol. The highest BCUT2D eigenvalue weighted by molar-refractivity contribution is 6.91. The standard InChI is InChI=1S/C94H130O4Si2/c1-17-21-25-29-33-43-55-95-73-91-65-83(61-85(67-91)49-39-41-51-87-63-89(53-59-99(77(5)6,78(7)8)79(9)10)71-93(69-87)75-97-57-45-35-31-27-23-19-3)47-37-38-48-84-62-86(68-92(66-84)74-96-56-44-34-30-26-22-18-2)50-40-42-52-88-64-90(54-60-100(80(11)12,81(13)14)82(15)16)72-94(70-88)76-98-58-46-36-32-28-24-20-4/h61-72,77-82H,17-36,43-46,55-58,73-76H2,1-16H3. The van der Waals surface area contributed by atoms with Crippen molar-refractivity contribution in [2.75, 3.05) is 26.4 Å². The second-order valence-electron chi connectivity index (χ2n) is 29.8. The smallest absolute Gasteiger partial charge is 0.146 e. The Morgan fingerprint density at radius 1 is 0.230 bits per heavy atom. The zero-order chi connectivity index (χ0) is 72.6. The zero-order valence-corrected chi connectivity index (χ0v) is 67.7. The molecule has 0 saturated heterocycles. The molecule has 0 saturated carbocycles. The largest absolute Gasteiger partial charge is 0.377 e. The molecule has 0 spiro atoms. The predicted octanol–water partition coefficient (Wildman–Crippen LogP) is 24.5. The Bertz CT molecular complexity index is 3300. The van der Waals surface area contributed by atoms with Gasteiger partial charge in [0, 0.05) is 70.9 Å². The highest BCUT2D eigenvalue weighted by Gasteiger charge is 2.42. The molecule has 0 aliphatic rings. The van der Waals surface area contributed by atoms with Gasteiger partial charge in [-0.2, -0.15) is 0 Å². The number of hydrogen-bond donors (Lipinski definition) is 0. The highest BCUT2D eigenvalue weighted by Crippen LogP contribution is 2.42. The van der Waals surface area contributed by atoms with E-state index in [-0.39, 0.29) is 0 Å². The van der Waals surface area contributed by atoms with Crippen molar-refractivity contribution >= 4 is 16.1 Å². The van der Waals surface area contributed by atoms with E-state index in [9.17, 15) is 0 Å². The molecule has 6 heteroatoms. The third-order valence-corrected chi connectivity index (χ3v) is 32.2. The Labute approximate surface area is 615 Å². The lowest BCUT2D eigenvalue weighted by Gasteiger charge is -2.38. The van der Waals surface area contributed by atoms with Crippen molar-refractivity contribution < 1.29 is 18.9 Å². The van der Waals surface area contributed by atoms with Crippen LogP contribution in [0.2, 0.25) is 33.2 Å². The van der Waals surface area contributed by atoms with Gasteiger partial charge in [-0.1, -0.05) is 287 Å². The average Bonchev–Trinajstić information content (AvgIpc) is 0.814. The Kier molecular flexibility index (Phi) is 43.8. The number of rotatable bonds is 42. The first-order valence-corrected chi connectivity index (χ1v) is 43.9. The minimum absolute atomic E-state index is 0.470. The molecular formula is C94H130O4Si2. The molecule has 0 atom stereocenters. The Hall–Kier alpha value is -6.37. The summed E-state index contributed by atoms with van der Waals surface area (Å²) >= 11 is 0. The minimum Gasteiger partial charge on any atom is -0.377 e. The molecule has 4 aromatic carbocycles. The number of benzene rings is 4. The summed E-state index contributed by atoms with van der Waals surface area (Å²) in [5.41, 5.74) is 22.4. The van der Waals surface area contributed by atoms with Crippen LogP contribution in [-0.4, -0.2) is 42.6 Å². The van der Waals surface area contributed by atoms with Crippen LogP contribution in [0.25, 0.3) is 0 Å². The van der Waals surface area contributed by atoms with Crippen LogP contribution in [0.3, 0.4) is 0 Å². The minimum atomic E-state index is -1.96. The number of hydrogen-bond acceptors (Lipinski definition) is 4. The van der Waals surface area contributed by atoms with E-state index >= 15 is 0 Å². The normalized spacial score (nSPS) is 11.1. The van der Waals surface area contributed by atoms with Gasteiger partial charge in [-0.05, 0) is 190 Å². The van der Waals surface area contributed by atoms with Crippen molar-refractivity contribution in [1.82, 2.24) is 0 Å². The summed E-state index contributed by atoms with van der Waals surface area (Å²) in [6.07, 6.45) is 29.4. The molecule has 0 amide bonds. The molecule has 538 valence electrons. The summed E-state index contributed by atoms with van der Waals surface area (Å²) in [6, 6.07) is 25.4. The van der Waals surface area contributed by atoms with E-state index in [4.69, 9.17) is 18.9 Å². The summed E-state index contributed by atoms with van der Waals surface area (Å²) in [6.45, 7) is 42.4. The van der Waals surface area contributed by atoms with Gasteiger partial charge in [-0.15, -0.1) is 11.1 Å². The van der Waals surface area contributed by atoms with Crippen molar-refractivity contribution in [1.29, 1.82) is 0 Å². The van der Waals surface area contributed by atoms with E-state index in [0.29, 0.717) is 72.9 Å². The number of ether oxygens (including phenoxy) is 4. The molecule has 0 aromatic heterocycles. The van der Waals surface area contributed by atoms with E-state index in [1.54, 1.807) is 0 Å². The molecule has 0 aliphatic heterocycles. The fraction of sp³-hybridized carbons (Fsp3) is 0.574. The molecule has 0 radical (unpaired) electrons. The summed E-state index contributed by atoms with van der Waals surface area (Å²) in [7, 11) is -3.92. The maximum absolute atomic E-state index is 6.28. The van der Waals surface area contributed by atoms with Crippen LogP contribution in [0.1, 0.15) is 332 Å². The molecule has 100 heavy (non-hydrogen) atoms. The fourth-order valence-corrected chi connectivity index (χ4v) is 24.7. The average molecular weight is 1380 g/mol. The third-order valence-electron chi connectivity index (χ3n) is 19.6. The van der Waals surface area contributed by atoms with Crippen LogP contribution in [0, 0.1) is 94.0 Å². The first-order chi connectivity index (χ1) is 48.4. The maximum atomic E-state index is 6.28. The van der Waals surface area contributed by atoms with Crippen molar-refractivity contribution in [3.8, 4) is 94.0 Å². The van der Waals surface area contributed by atoms with E-state index in [2.05, 4.69) is 265 Å². The van der Waals surface area contributed by atoms with Gasteiger partial charge in [0.25, 0.3) is 0 Å². The van der Waals surface area contributed by atoms with Crippen LogP contribution in [-0.2, 0) is 45.4 Å². The molecule has 4 nitrogen and oxygen atoms in total. The van der Waals surface area contributed by atoms with Crippen molar-refractivity contribution in [2.45, 2.75) is 325 Å². The fourth-order valence-electron chi connectivity index (χ4n) is 14.2. The molecule has 0 aliphatic carbocycles. The van der Waals surface area contributed by atoms with Crippen LogP contribution >= 0.6 is 0 Å². The van der Waals surface area contributed by atoms with Gasteiger partial charge in [-0.25, -0.2) is 0 Å². The SMILES string of the molecule is CCCCCCCCOCc1cc(C#CC#Cc2cc(C#CC#Cc3cc(C#C[Si](C(C)C)(C(C)C)C(C)C)cc(COCCCCCCCC)c3)cc(COCCCCCCCC)c2)cc(C#CC#Cc2cc(C#C[Si](C(C)C)(C(C)C)C(C)C)cc(COCCCCCCCC)c2)c1. The first-order valence-electron chi connectivity index (χ1n) is 39.4. The molecule has 0 N–H and O–H groups in total. The van der Waals surface area contributed by atoms with Gasteiger partial charge in [0.1, 0.15) is 16.1 Å². The van der Waals surface area contributed by atoms with E-state index < -0.39 is 16.1 Å². The van der Waals surface area contributed by atoms with Gasteiger partial charge in [0.2, 0.25) is 0 Å². The molecule has 4 rings (SSSR count). The quantitative estimate of drug-likeness (QED) is 0.0252. The Morgan fingerprint density at radius 2 is 0.400 bits per heavy atom. The molecule has 0 heterocycles. The third kappa shape index (κ3) is 33.2. The summed E-state index contributed by atoms with van der Waals surface area (Å²) in [5, 5.41) is 0. The highest BCUT2D eigenvalue weighted by atomic mass is 28.3. The van der Waals surface area contributed by atoms with Gasteiger partial charge in [0.05, 0.1) is 26.4 Å². The van der Waals surface area contributed by atoms with E-state index in [1.165, 1.54) is 128 Å². The predicted molar refractivity (Wildman–Crippen MR) is 435 cm³/mol. The second-order valence-corrected chi connectivity index (χ2v) is 40.9. The lowest BCUT2D eigenvalue weighted by Crippen LogP contribution is -2.43. The van der Waals surface area contributed by atoms with Crippen molar-refractivity contribution in [3.05, 3.63) is 140 Å². The number of unbranched alkanes of at least 4 members (excludes halogenated alkanes) is 20. The molecule has 0 bridgehead atoms. The van der Waals surface area contributed by atoms with Crippen LogP contribution < -0.4 is 0 Å². The van der Waals surface area contributed by atoms with E-state index in [0.717, 1.165) is 106 Å².